The van der Waals surface area contributed by atoms with E-state index in [0.717, 1.165) is 5.69 Å². The number of hydrogen-bond acceptors (Lipinski definition) is 6. The van der Waals surface area contributed by atoms with Crippen molar-refractivity contribution in [1.82, 2.24) is 10.2 Å². The topological polar surface area (TPSA) is 83.1 Å². The van der Waals surface area contributed by atoms with E-state index in [-0.39, 0.29) is 16.9 Å². The van der Waals surface area contributed by atoms with E-state index in [2.05, 4.69) is 15.5 Å². The number of nitrogens with zero attached hydrogens (tertiary/aromatic N) is 2. The Labute approximate surface area is 202 Å². The predicted molar refractivity (Wildman–Crippen MR) is 132 cm³/mol. The molecule has 2 aliphatic heterocycles. The molecule has 0 atom stereocenters. The van der Waals surface area contributed by atoms with E-state index in [9.17, 15) is 9.59 Å². The Morgan fingerprint density at radius 2 is 1.76 bits per heavy atom. The Bertz CT molecular complexity index is 1070. The molecule has 2 aliphatic rings. The molecule has 4 rings (SSSR count). The van der Waals surface area contributed by atoms with Crippen LogP contribution in [0.15, 0.2) is 36.4 Å². The molecule has 1 saturated heterocycles. The molecule has 0 radical (unpaired) electrons. The van der Waals surface area contributed by atoms with Crippen LogP contribution in [0, 0.1) is 0 Å². The second-order valence-corrected chi connectivity index (χ2v) is 8.49. The lowest BCUT2D eigenvalue weighted by Crippen LogP contribution is -2.48. The number of nitrogens with one attached hydrogen (secondary N) is 2. The predicted octanol–water partition coefficient (Wildman–Crippen LogP) is 3.30. The molecule has 174 valence electrons. The number of piperazine rings is 1. The van der Waals surface area contributed by atoms with Gasteiger partial charge in [0.05, 0.1) is 11.4 Å². The van der Waals surface area contributed by atoms with E-state index in [1.165, 1.54) is 0 Å². The Morgan fingerprint density at radius 3 is 2.48 bits per heavy atom. The van der Waals surface area contributed by atoms with Gasteiger partial charge in [-0.3, -0.25) is 14.9 Å². The lowest BCUT2D eigenvalue weighted by atomic mass is 10.2. The van der Waals surface area contributed by atoms with E-state index < -0.39 is 0 Å². The van der Waals surface area contributed by atoms with Gasteiger partial charge in [0.25, 0.3) is 5.91 Å². The lowest BCUT2D eigenvalue weighted by molar-refractivity contribution is -0.131. The number of benzene rings is 2. The van der Waals surface area contributed by atoms with Crippen LogP contribution < -0.4 is 25.0 Å². The highest BCUT2D eigenvalue weighted by atomic mass is 35.5. The maximum atomic E-state index is 12.7. The lowest BCUT2D eigenvalue weighted by Gasteiger charge is -2.37. The van der Waals surface area contributed by atoms with Gasteiger partial charge in [0, 0.05) is 43.2 Å². The van der Waals surface area contributed by atoms with Gasteiger partial charge in [-0.25, -0.2) is 0 Å². The summed E-state index contributed by atoms with van der Waals surface area (Å²) in [6.07, 6.45) is 0.505. The Balaban J connectivity index is 1.42. The van der Waals surface area contributed by atoms with Crippen molar-refractivity contribution in [3.05, 3.63) is 47.0 Å². The zero-order valence-corrected chi connectivity index (χ0v) is 19.8. The van der Waals surface area contributed by atoms with E-state index in [4.69, 9.17) is 33.3 Å². The van der Waals surface area contributed by atoms with E-state index in [1.54, 1.807) is 24.3 Å². The van der Waals surface area contributed by atoms with Crippen LogP contribution in [-0.2, 0) is 4.79 Å². The fourth-order valence-electron chi connectivity index (χ4n) is 3.82. The highest BCUT2D eigenvalue weighted by Crippen LogP contribution is 2.31. The summed E-state index contributed by atoms with van der Waals surface area (Å²) in [7, 11) is 0. The number of ether oxygens (including phenoxy) is 2. The van der Waals surface area contributed by atoms with Gasteiger partial charge in [-0.1, -0.05) is 18.5 Å². The molecule has 8 nitrogen and oxygen atoms in total. The van der Waals surface area contributed by atoms with Gasteiger partial charge in [0.1, 0.15) is 13.2 Å². The second kappa shape index (κ2) is 10.3. The van der Waals surface area contributed by atoms with Gasteiger partial charge in [0.2, 0.25) is 5.91 Å². The van der Waals surface area contributed by atoms with Gasteiger partial charge in [-0.2, -0.15) is 0 Å². The standard InChI is InChI=1S/C23H25ClN4O4S/c1-2-21(29)28-9-7-27(8-10-28)18-5-4-16(24)14-17(18)25-23(33)26-22(30)15-3-6-19-20(13-15)32-12-11-31-19/h3-6,13-14H,2,7-12H2,1H3,(H2,25,26,30,33). The average Bonchev–Trinajstić information content (AvgIpc) is 2.83. The first kappa shape index (κ1) is 23.1. The number of rotatable bonds is 4. The Kier molecular flexibility index (Phi) is 7.20. The van der Waals surface area contributed by atoms with Crippen LogP contribution >= 0.6 is 23.8 Å². The fraction of sp³-hybridized carbons (Fsp3) is 0.348. The SMILES string of the molecule is CCC(=O)N1CCN(c2ccc(Cl)cc2NC(=S)NC(=O)c2ccc3c(c2)OCCO3)CC1. The summed E-state index contributed by atoms with van der Waals surface area (Å²) < 4.78 is 11.0. The molecular formula is C23H25ClN4O4S. The molecule has 2 heterocycles. The minimum absolute atomic E-state index is 0.151. The van der Waals surface area contributed by atoms with Crippen molar-refractivity contribution in [2.24, 2.45) is 0 Å². The van der Waals surface area contributed by atoms with E-state index >= 15 is 0 Å². The maximum Gasteiger partial charge on any atom is 0.257 e. The minimum atomic E-state index is -0.361. The third-order valence-electron chi connectivity index (χ3n) is 5.51. The molecule has 1 fully saturated rings. The summed E-state index contributed by atoms with van der Waals surface area (Å²) in [4.78, 5) is 28.7. The number of amides is 2. The van der Waals surface area contributed by atoms with Crippen LogP contribution in [0.25, 0.3) is 0 Å². The van der Waals surface area contributed by atoms with Crippen LogP contribution in [0.2, 0.25) is 5.02 Å². The number of fused-ring (bicyclic) bond motifs is 1. The summed E-state index contributed by atoms with van der Waals surface area (Å²) in [5.41, 5.74) is 2.00. The van der Waals surface area contributed by atoms with E-state index in [0.29, 0.717) is 73.6 Å². The first-order chi connectivity index (χ1) is 15.9. The molecule has 0 spiro atoms. The number of thiocarbonyl (C=S) groups is 1. The molecule has 2 amide bonds. The number of hydrogen-bond donors (Lipinski definition) is 2. The van der Waals surface area contributed by atoms with Gasteiger partial charge in [0.15, 0.2) is 16.6 Å². The molecule has 2 N–H and O–H groups in total. The fourth-order valence-corrected chi connectivity index (χ4v) is 4.19. The summed E-state index contributed by atoms with van der Waals surface area (Å²) in [5.74, 6) is 0.945. The molecule has 2 aromatic rings. The van der Waals surface area contributed by atoms with Crippen molar-refractivity contribution < 1.29 is 19.1 Å². The number of anilines is 2. The van der Waals surface area contributed by atoms with Crippen molar-refractivity contribution in [2.45, 2.75) is 13.3 Å². The summed E-state index contributed by atoms with van der Waals surface area (Å²) in [6.45, 7) is 5.49. The Hall–Kier alpha value is -3.04. The number of carbonyl (C=O) groups excluding carboxylic acids is 2. The first-order valence-electron chi connectivity index (χ1n) is 10.8. The van der Waals surface area contributed by atoms with Crippen molar-refractivity contribution in [3.8, 4) is 11.5 Å². The summed E-state index contributed by atoms with van der Waals surface area (Å²) >= 11 is 11.6. The average molecular weight is 489 g/mol. The van der Waals surface area contributed by atoms with Gasteiger partial charge in [-0.15, -0.1) is 0 Å². The third-order valence-corrected chi connectivity index (χ3v) is 5.95. The van der Waals surface area contributed by atoms with Crippen LogP contribution in [0.3, 0.4) is 0 Å². The molecular weight excluding hydrogens is 464 g/mol. The highest BCUT2D eigenvalue weighted by molar-refractivity contribution is 7.80. The zero-order valence-electron chi connectivity index (χ0n) is 18.2. The van der Waals surface area contributed by atoms with Crippen LogP contribution in [-0.4, -0.2) is 61.2 Å². The first-order valence-corrected chi connectivity index (χ1v) is 11.6. The summed E-state index contributed by atoms with van der Waals surface area (Å²) in [5, 5.41) is 6.49. The molecule has 2 aromatic carbocycles. The smallest absolute Gasteiger partial charge is 0.257 e. The third kappa shape index (κ3) is 5.48. The van der Waals surface area contributed by atoms with Gasteiger partial charge in [-0.05, 0) is 48.6 Å². The van der Waals surface area contributed by atoms with Crippen molar-refractivity contribution in [3.63, 3.8) is 0 Å². The molecule has 0 aliphatic carbocycles. The molecule has 0 bridgehead atoms. The van der Waals surface area contributed by atoms with Crippen molar-refractivity contribution >= 4 is 52.1 Å². The van der Waals surface area contributed by atoms with E-state index in [1.807, 2.05) is 24.0 Å². The minimum Gasteiger partial charge on any atom is -0.486 e. The largest absolute Gasteiger partial charge is 0.486 e. The second-order valence-electron chi connectivity index (χ2n) is 7.65. The van der Waals surface area contributed by atoms with Crippen LogP contribution in [0.4, 0.5) is 11.4 Å². The van der Waals surface area contributed by atoms with Crippen molar-refractivity contribution in [2.75, 3.05) is 49.6 Å². The quantitative estimate of drug-likeness (QED) is 0.639. The van der Waals surface area contributed by atoms with Crippen LogP contribution in [0.1, 0.15) is 23.7 Å². The Morgan fingerprint density at radius 1 is 1.03 bits per heavy atom. The van der Waals surface area contributed by atoms with Crippen LogP contribution in [0.5, 0.6) is 11.5 Å². The van der Waals surface area contributed by atoms with Gasteiger partial charge >= 0.3 is 0 Å². The highest BCUT2D eigenvalue weighted by Gasteiger charge is 2.22. The molecule has 0 aromatic heterocycles. The molecule has 33 heavy (non-hydrogen) atoms. The van der Waals surface area contributed by atoms with Gasteiger partial charge < -0.3 is 24.6 Å². The molecule has 10 heteroatoms. The maximum absolute atomic E-state index is 12.7. The summed E-state index contributed by atoms with van der Waals surface area (Å²) in [6, 6.07) is 10.5. The molecule has 0 saturated carbocycles. The molecule has 0 unspecified atom stereocenters. The monoisotopic (exact) mass is 488 g/mol. The van der Waals surface area contributed by atoms with Crippen molar-refractivity contribution in [1.29, 1.82) is 0 Å². The normalized spacial score (nSPS) is 15.1. The zero-order chi connectivity index (χ0) is 23.4. The number of carbonyl (C=O) groups is 2. The number of halogens is 1.